The van der Waals surface area contributed by atoms with Gasteiger partial charge in [0.05, 0.1) is 7.11 Å². The number of methoxy groups -OCH3 is 1. The van der Waals surface area contributed by atoms with Crippen LogP contribution in [0.5, 0.6) is 5.75 Å². The molecule has 0 bridgehead atoms. The molecule has 0 saturated heterocycles. The fourth-order valence-electron chi connectivity index (χ4n) is 2.74. The SMILES string of the molecule is CCCCCC(CCCCC)c1ccccc1OC. The second-order valence-electron chi connectivity index (χ2n) is 5.43. The molecule has 108 valence electrons. The maximum atomic E-state index is 5.54. The van der Waals surface area contributed by atoms with Crippen LogP contribution in [0.4, 0.5) is 0 Å². The Hall–Kier alpha value is -0.980. The molecular formula is C18H30O. The van der Waals surface area contributed by atoms with E-state index < -0.39 is 0 Å². The molecule has 1 rings (SSSR count). The van der Waals surface area contributed by atoms with Crippen LogP contribution < -0.4 is 4.74 Å². The van der Waals surface area contributed by atoms with E-state index in [1.807, 2.05) is 0 Å². The van der Waals surface area contributed by atoms with Gasteiger partial charge in [-0.15, -0.1) is 0 Å². The highest BCUT2D eigenvalue weighted by molar-refractivity contribution is 5.36. The highest BCUT2D eigenvalue weighted by Gasteiger charge is 2.15. The van der Waals surface area contributed by atoms with Gasteiger partial charge in [0.1, 0.15) is 5.75 Å². The molecule has 0 aliphatic rings. The minimum Gasteiger partial charge on any atom is -0.496 e. The summed E-state index contributed by atoms with van der Waals surface area (Å²) in [5.41, 5.74) is 1.41. The lowest BCUT2D eigenvalue weighted by Gasteiger charge is -2.20. The number of hydrogen-bond donors (Lipinski definition) is 0. The van der Waals surface area contributed by atoms with Crippen LogP contribution in [-0.4, -0.2) is 7.11 Å². The van der Waals surface area contributed by atoms with E-state index >= 15 is 0 Å². The quantitative estimate of drug-likeness (QED) is 0.474. The Morgan fingerprint density at radius 1 is 0.895 bits per heavy atom. The Balaban J connectivity index is 2.69. The molecule has 0 fully saturated rings. The largest absolute Gasteiger partial charge is 0.496 e. The average molecular weight is 262 g/mol. The number of unbranched alkanes of at least 4 members (excludes halogenated alkanes) is 4. The first-order chi connectivity index (χ1) is 9.33. The van der Waals surface area contributed by atoms with E-state index in [4.69, 9.17) is 4.74 Å². The van der Waals surface area contributed by atoms with Crippen molar-refractivity contribution in [2.75, 3.05) is 7.11 Å². The molecule has 0 aliphatic heterocycles. The molecule has 0 N–H and O–H groups in total. The van der Waals surface area contributed by atoms with Crippen molar-refractivity contribution in [3.8, 4) is 5.75 Å². The Labute approximate surface area is 119 Å². The third-order valence-electron chi connectivity index (χ3n) is 3.89. The molecule has 0 saturated carbocycles. The van der Waals surface area contributed by atoms with E-state index in [0.717, 1.165) is 5.75 Å². The molecule has 1 aromatic rings. The Morgan fingerprint density at radius 3 is 2.00 bits per heavy atom. The summed E-state index contributed by atoms with van der Waals surface area (Å²) in [7, 11) is 1.79. The van der Waals surface area contributed by atoms with Gasteiger partial charge < -0.3 is 4.74 Å². The lowest BCUT2D eigenvalue weighted by Crippen LogP contribution is -2.02. The highest BCUT2D eigenvalue weighted by atomic mass is 16.5. The average Bonchev–Trinajstić information content (AvgIpc) is 2.46. The van der Waals surface area contributed by atoms with E-state index in [1.165, 1.54) is 56.9 Å². The van der Waals surface area contributed by atoms with Gasteiger partial charge in [0, 0.05) is 0 Å². The number of rotatable bonds is 10. The fourth-order valence-corrected chi connectivity index (χ4v) is 2.74. The van der Waals surface area contributed by atoms with Crippen molar-refractivity contribution in [3.05, 3.63) is 29.8 Å². The monoisotopic (exact) mass is 262 g/mol. The molecule has 0 amide bonds. The molecule has 0 spiro atoms. The van der Waals surface area contributed by atoms with Crippen molar-refractivity contribution in [2.24, 2.45) is 0 Å². The number of benzene rings is 1. The fraction of sp³-hybridized carbons (Fsp3) is 0.667. The number of para-hydroxylation sites is 1. The molecule has 0 heterocycles. The first-order valence-corrected chi connectivity index (χ1v) is 7.96. The standard InChI is InChI=1S/C18H30O/c1-4-6-8-12-16(13-9-7-5-2)17-14-10-11-15-18(17)19-3/h10-11,14-16H,4-9,12-13H2,1-3H3. The predicted molar refractivity (Wildman–Crippen MR) is 84.0 cm³/mol. The summed E-state index contributed by atoms with van der Waals surface area (Å²) in [6, 6.07) is 8.56. The second-order valence-corrected chi connectivity index (χ2v) is 5.43. The molecular weight excluding hydrogens is 232 g/mol. The third-order valence-corrected chi connectivity index (χ3v) is 3.89. The summed E-state index contributed by atoms with van der Waals surface area (Å²) in [5, 5.41) is 0. The van der Waals surface area contributed by atoms with Crippen molar-refractivity contribution >= 4 is 0 Å². The maximum Gasteiger partial charge on any atom is 0.122 e. The highest BCUT2D eigenvalue weighted by Crippen LogP contribution is 2.34. The minimum absolute atomic E-state index is 0.675. The zero-order valence-electron chi connectivity index (χ0n) is 13.0. The van der Waals surface area contributed by atoms with Crippen molar-refractivity contribution in [1.82, 2.24) is 0 Å². The lowest BCUT2D eigenvalue weighted by atomic mass is 9.88. The summed E-state index contributed by atoms with van der Waals surface area (Å²) >= 11 is 0. The van der Waals surface area contributed by atoms with Gasteiger partial charge in [-0.3, -0.25) is 0 Å². The molecule has 19 heavy (non-hydrogen) atoms. The topological polar surface area (TPSA) is 9.23 Å². The molecule has 0 atom stereocenters. The van der Waals surface area contributed by atoms with Gasteiger partial charge >= 0.3 is 0 Å². The van der Waals surface area contributed by atoms with Gasteiger partial charge in [-0.2, -0.15) is 0 Å². The van der Waals surface area contributed by atoms with E-state index in [2.05, 4.69) is 38.1 Å². The minimum atomic E-state index is 0.675. The maximum absolute atomic E-state index is 5.54. The van der Waals surface area contributed by atoms with Crippen LogP contribution in [-0.2, 0) is 0 Å². The Bertz CT molecular complexity index is 322. The van der Waals surface area contributed by atoms with Gasteiger partial charge in [0.2, 0.25) is 0 Å². The number of ether oxygens (including phenoxy) is 1. The van der Waals surface area contributed by atoms with Gasteiger partial charge in [-0.25, -0.2) is 0 Å². The zero-order chi connectivity index (χ0) is 13.9. The van der Waals surface area contributed by atoms with Crippen LogP contribution in [0.25, 0.3) is 0 Å². The lowest BCUT2D eigenvalue weighted by molar-refractivity contribution is 0.398. The Kier molecular flexibility index (Phi) is 8.36. The van der Waals surface area contributed by atoms with E-state index in [0.29, 0.717) is 5.92 Å². The molecule has 0 aromatic heterocycles. The van der Waals surface area contributed by atoms with Gasteiger partial charge in [0.15, 0.2) is 0 Å². The summed E-state index contributed by atoms with van der Waals surface area (Å²) in [4.78, 5) is 0. The molecule has 0 radical (unpaired) electrons. The zero-order valence-corrected chi connectivity index (χ0v) is 13.0. The van der Waals surface area contributed by atoms with E-state index in [-0.39, 0.29) is 0 Å². The number of hydrogen-bond acceptors (Lipinski definition) is 1. The van der Waals surface area contributed by atoms with Gasteiger partial charge in [-0.1, -0.05) is 70.6 Å². The van der Waals surface area contributed by atoms with Crippen molar-refractivity contribution in [3.63, 3.8) is 0 Å². The van der Waals surface area contributed by atoms with Crippen LogP contribution in [0.1, 0.15) is 76.7 Å². The summed E-state index contributed by atoms with van der Waals surface area (Å²) in [5.74, 6) is 1.75. The summed E-state index contributed by atoms with van der Waals surface area (Å²) in [6.45, 7) is 4.55. The molecule has 1 heteroatoms. The third kappa shape index (κ3) is 5.67. The molecule has 0 unspecified atom stereocenters. The normalized spacial score (nSPS) is 10.9. The van der Waals surface area contributed by atoms with Gasteiger partial charge in [0.25, 0.3) is 0 Å². The van der Waals surface area contributed by atoms with Crippen LogP contribution in [0.3, 0.4) is 0 Å². The summed E-state index contributed by atoms with van der Waals surface area (Å²) in [6.07, 6.45) is 10.6. The predicted octanol–water partition coefficient (Wildman–Crippen LogP) is 5.94. The van der Waals surface area contributed by atoms with E-state index in [9.17, 15) is 0 Å². The first kappa shape index (κ1) is 16.1. The Morgan fingerprint density at radius 2 is 1.47 bits per heavy atom. The molecule has 0 aliphatic carbocycles. The van der Waals surface area contributed by atoms with E-state index in [1.54, 1.807) is 7.11 Å². The van der Waals surface area contributed by atoms with Crippen LogP contribution in [0.2, 0.25) is 0 Å². The van der Waals surface area contributed by atoms with Crippen LogP contribution >= 0.6 is 0 Å². The van der Waals surface area contributed by atoms with Crippen LogP contribution in [0.15, 0.2) is 24.3 Å². The van der Waals surface area contributed by atoms with Crippen molar-refractivity contribution < 1.29 is 4.74 Å². The van der Waals surface area contributed by atoms with Crippen molar-refractivity contribution in [2.45, 2.75) is 71.1 Å². The first-order valence-electron chi connectivity index (χ1n) is 7.96. The van der Waals surface area contributed by atoms with Gasteiger partial charge in [-0.05, 0) is 30.4 Å². The second kappa shape index (κ2) is 9.89. The molecule has 1 nitrogen and oxygen atoms in total. The van der Waals surface area contributed by atoms with Crippen LogP contribution in [0, 0.1) is 0 Å². The molecule has 1 aromatic carbocycles. The van der Waals surface area contributed by atoms with Crippen molar-refractivity contribution in [1.29, 1.82) is 0 Å². The summed E-state index contributed by atoms with van der Waals surface area (Å²) < 4.78 is 5.54. The smallest absolute Gasteiger partial charge is 0.122 e.